The zero-order valence-corrected chi connectivity index (χ0v) is 15.6. The highest BCUT2D eigenvalue weighted by atomic mass is 32.1. The molecule has 1 heterocycles. The molecule has 1 aromatic heterocycles. The summed E-state index contributed by atoms with van der Waals surface area (Å²) in [6.45, 7) is 3.36. The lowest BCUT2D eigenvalue weighted by Gasteiger charge is -2.22. The van der Waals surface area contributed by atoms with Crippen molar-refractivity contribution in [2.45, 2.75) is 32.6 Å². The molecule has 0 aliphatic carbocycles. The third-order valence-electron chi connectivity index (χ3n) is 3.80. The molecule has 0 aliphatic rings. The predicted octanol–water partition coefficient (Wildman–Crippen LogP) is 3.62. The van der Waals surface area contributed by atoms with Crippen molar-refractivity contribution in [2.24, 2.45) is 11.7 Å². The molecule has 4 N–H and O–H groups in total. The Morgan fingerprint density at radius 2 is 1.93 bits per heavy atom. The lowest BCUT2D eigenvalue weighted by atomic mass is 10.0. The lowest BCUT2D eigenvalue weighted by Crippen LogP contribution is -2.47. The monoisotopic (exact) mass is 399 g/mol. The first-order valence-corrected chi connectivity index (χ1v) is 9.06. The van der Waals surface area contributed by atoms with Crippen LogP contribution in [0.3, 0.4) is 0 Å². The van der Waals surface area contributed by atoms with Crippen molar-refractivity contribution in [3.63, 3.8) is 0 Å². The number of anilines is 1. The fraction of sp³-hybridized carbons (Fsp3) is 0.333. The first kappa shape index (κ1) is 20.9. The van der Waals surface area contributed by atoms with Crippen molar-refractivity contribution in [3.8, 4) is 0 Å². The van der Waals surface area contributed by atoms with Crippen LogP contribution in [0.1, 0.15) is 34.6 Å². The van der Waals surface area contributed by atoms with Crippen LogP contribution in [0.25, 0.3) is 0 Å². The molecule has 0 bridgehead atoms. The van der Waals surface area contributed by atoms with Gasteiger partial charge in [0.15, 0.2) is 0 Å². The predicted molar refractivity (Wildman–Crippen MR) is 98.4 cm³/mol. The molecule has 1 unspecified atom stereocenters. The normalized spacial score (nSPS) is 12.7. The van der Waals surface area contributed by atoms with Gasteiger partial charge in [0.05, 0.1) is 10.4 Å². The molecule has 0 saturated carbocycles. The summed E-state index contributed by atoms with van der Waals surface area (Å²) in [7, 11) is 0. The molecule has 0 radical (unpaired) electrons. The highest BCUT2D eigenvalue weighted by molar-refractivity contribution is 7.12. The molecule has 5 nitrogen and oxygen atoms in total. The maximum atomic E-state index is 13.0. The Morgan fingerprint density at radius 1 is 1.22 bits per heavy atom. The number of thiophene rings is 1. The number of rotatable bonds is 6. The van der Waals surface area contributed by atoms with Crippen LogP contribution in [0.15, 0.2) is 35.7 Å². The van der Waals surface area contributed by atoms with E-state index < -0.39 is 29.6 Å². The number of alkyl halides is 3. The zero-order valence-electron chi connectivity index (χ0n) is 14.8. The highest BCUT2D eigenvalue weighted by Gasteiger charge is 2.32. The minimum atomic E-state index is -4.56. The van der Waals surface area contributed by atoms with Gasteiger partial charge in [-0.1, -0.05) is 19.9 Å². The van der Waals surface area contributed by atoms with E-state index in [0.29, 0.717) is 4.88 Å². The SMILES string of the molecule is CC(C)C(NC(=O)c1cccs1)C(=O)Nc1cc(CN)cc(C(F)(F)F)c1. The molecule has 1 aromatic carbocycles. The van der Waals surface area contributed by atoms with Crippen LogP contribution in [0, 0.1) is 5.92 Å². The molecule has 0 spiro atoms. The average molecular weight is 399 g/mol. The van der Waals surface area contributed by atoms with Gasteiger partial charge in [0.2, 0.25) is 5.91 Å². The van der Waals surface area contributed by atoms with Crippen molar-refractivity contribution >= 4 is 28.8 Å². The van der Waals surface area contributed by atoms with Crippen LogP contribution >= 0.6 is 11.3 Å². The Morgan fingerprint density at radius 3 is 2.44 bits per heavy atom. The van der Waals surface area contributed by atoms with Crippen molar-refractivity contribution < 1.29 is 22.8 Å². The van der Waals surface area contributed by atoms with Gasteiger partial charge >= 0.3 is 6.18 Å². The molecule has 0 fully saturated rings. The summed E-state index contributed by atoms with van der Waals surface area (Å²) in [5.41, 5.74) is 4.77. The second kappa shape index (κ2) is 8.53. The van der Waals surface area contributed by atoms with Gasteiger partial charge in [-0.15, -0.1) is 11.3 Å². The summed E-state index contributed by atoms with van der Waals surface area (Å²) in [6, 6.07) is 5.59. The molecule has 2 amide bonds. The third kappa shape index (κ3) is 5.54. The van der Waals surface area contributed by atoms with Crippen LogP contribution in [-0.4, -0.2) is 17.9 Å². The van der Waals surface area contributed by atoms with E-state index in [1.54, 1.807) is 31.4 Å². The van der Waals surface area contributed by atoms with Crippen molar-refractivity contribution in [3.05, 3.63) is 51.7 Å². The van der Waals surface area contributed by atoms with Crippen LogP contribution in [0.2, 0.25) is 0 Å². The summed E-state index contributed by atoms with van der Waals surface area (Å²) >= 11 is 1.23. The Labute approximate surface area is 158 Å². The van der Waals surface area contributed by atoms with Crippen LogP contribution in [0.5, 0.6) is 0 Å². The first-order chi connectivity index (χ1) is 12.6. The maximum Gasteiger partial charge on any atom is 0.416 e. The number of nitrogens with one attached hydrogen (secondary N) is 2. The smallest absolute Gasteiger partial charge is 0.339 e. The fourth-order valence-corrected chi connectivity index (χ4v) is 3.05. The third-order valence-corrected chi connectivity index (χ3v) is 4.67. The van der Waals surface area contributed by atoms with Crippen molar-refractivity contribution in [1.29, 1.82) is 0 Å². The number of amides is 2. The van der Waals surface area contributed by atoms with E-state index in [-0.39, 0.29) is 23.7 Å². The molecule has 2 aromatic rings. The number of carbonyl (C=O) groups excluding carboxylic acids is 2. The van der Waals surface area contributed by atoms with Crippen LogP contribution in [-0.2, 0) is 17.5 Å². The number of nitrogens with two attached hydrogens (primary N) is 1. The second-order valence-electron chi connectivity index (χ2n) is 6.28. The summed E-state index contributed by atoms with van der Waals surface area (Å²) in [5.74, 6) is -1.28. The van der Waals surface area contributed by atoms with E-state index in [0.717, 1.165) is 12.1 Å². The summed E-state index contributed by atoms with van der Waals surface area (Å²) < 4.78 is 39.1. The van der Waals surface area contributed by atoms with Gasteiger partial charge < -0.3 is 16.4 Å². The van der Waals surface area contributed by atoms with Gasteiger partial charge in [0.25, 0.3) is 5.91 Å². The summed E-state index contributed by atoms with van der Waals surface area (Å²) in [6.07, 6.45) is -4.56. The van der Waals surface area contributed by atoms with Crippen molar-refractivity contribution in [2.75, 3.05) is 5.32 Å². The Balaban J connectivity index is 2.21. The zero-order chi connectivity index (χ0) is 20.2. The Hall–Kier alpha value is -2.39. The van der Waals surface area contributed by atoms with E-state index in [2.05, 4.69) is 10.6 Å². The van der Waals surface area contributed by atoms with E-state index in [1.165, 1.54) is 17.4 Å². The molecule has 0 aliphatic heterocycles. The fourth-order valence-electron chi connectivity index (χ4n) is 2.42. The Bertz CT molecular complexity index is 805. The molecule has 2 rings (SSSR count). The molecule has 146 valence electrons. The number of benzene rings is 1. The lowest BCUT2D eigenvalue weighted by molar-refractivity contribution is -0.137. The Kier molecular flexibility index (Phi) is 6.61. The molecule has 1 atom stereocenters. The standard InChI is InChI=1S/C18H20F3N3O2S/c1-10(2)15(24-16(25)14-4-3-5-27-14)17(26)23-13-7-11(9-22)6-12(8-13)18(19,20)21/h3-8,10,15H,9,22H2,1-2H3,(H,23,26)(H,24,25). The van der Waals surface area contributed by atoms with Gasteiger partial charge in [0, 0.05) is 12.2 Å². The van der Waals surface area contributed by atoms with E-state index in [1.807, 2.05) is 0 Å². The minimum absolute atomic E-state index is 0.0219. The van der Waals surface area contributed by atoms with Gasteiger partial charge in [-0.3, -0.25) is 9.59 Å². The van der Waals surface area contributed by atoms with E-state index in [9.17, 15) is 22.8 Å². The van der Waals surface area contributed by atoms with Crippen molar-refractivity contribution in [1.82, 2.24) is 5.32 Å². The quantitative estimate of drug-likeness (QED) is 0.694. The largest absolute Gasteiger partial charge is 0.416 e. The van der Waals surface area contributed by atoms with Gasteiger partial charge in [-0.05, 0) is 41.1 Å². The highest BCUT2D eigenvalue weighted by Crippen LogP contribution is 2.32. The topological polar surface area (TPSA) is 84.2 Å². The van der Waals surface area contributed by atoms with Crippen LogP contribution < -0.4 is 16.4 Å². The average Bonchev–Trinajstić information content (AvgIpc) is 3.12. The number of carbonyl (C=O) groups is 2. The first-order valence-electron chi connectivity index (χ1n) is 8.18. The number of halogens is 3. The molecular formula is C18H20F3N3O2S. The number of hydrogen-bond acceptors (Lipinski definition) is 4. The molecule has 9 heteroatoms. The number of hydrogen-bond donors (Lipinski definition) is 3. The molecular weight excluding hydrogens is 379 g/mol. The van der Waals surface area contributed by atoms with Gasteiger partial charge in [0.1, 0.15) is 6.04 Å². The maximum absolute atomic E-state index is 13.0. The summed E-state index contributed by atoms with van der Waals surface area (Å²) in [4.78, 5) is 25.2. The molecule has 0 saturated heterocycles. The van der Waals surface area contributed by atoms with E-state index >= 15 is 0 Å². The summed E-state index contributed by atoms with van der Waals surface area (Å²) in [5, 5.41) is 6.81. The van der Waals surface area contributed by atoms with Gasteiger partial charge in [-0.25, -0.2) is 0 Å². The van der Waals surface area contributed by atoms with Gasteiger partial charge in [-0.2, -0.15) is 13.2 Å². The second-order valence-corrected chi connectivity index (χ2v) is 7.23. The van der Waals surface area contributed by atoms with E-state index in [4.69, 9.17) is 5.73 Å². The molecule has 27 heavy (non-hydrogen) atoms. The van der Waals surface area contributed by atoms with Crippen LogP contribution in [0.4, 0.5) is 18.9 Å². The minimum Gasteiger partial charge on any atom is -0.339 e.